The van der Waals surface area contributed by atoms with E-state index in [0.29, 0.717) is 35.7 Å². The summed E-state index contributed by atoms with van der Waals surface area (Å²) in [5, 5.41) is 5.43. The van der Waals surface area contributed by atoms with Crippen LogP contribution in [0.4, 0.5) is 16.2 Å². The monoisotopic (exact) mass is 436 g/mol. The van der Waals surface area contributed by atoms with Crippen molar-refractivity contribution in [3.05, 3.63) is 23.8 Å². The molecule has 0 atom stereocenters. The number of amides is 4. The maximum atomic E-state index is 12.9. The lowest BCUT2D eigenvalue weighted by Crippen LogP contribution is -2.49. The molecule has 0 radical (unpaired) electrons. The molecule has 1 aliphatic carbocycles. The molecule has 1 saturated carbocycles. The summed E-state index contributed by atoms with van der Waals surface area (Å²) in [5.41, 5.74) is 0.510. The van der Waals surface area contributed by atoms with Gasteiger partial charge in [0.05, 0.1) is 11.9 Å². The van der Waals surface area contributed by atoms with Crippen LogP contribution in [0.25, 0.3) is 0 Å². The Balaban J connectivity index is 1.66. The molecule has 1 aromatic rings. The highest BCUT2D eigenvalue weighted by Crippen LogP contribution is 2.37. The molecule has 1 aliphatic heterocycles. The number of imide groups is 1. The quantitative estimate of drug-likeness (QED) is 0.590. The number of aryl methyl sites for hydroxylation is 1. The summed E-state index contributed by atoms with van der Waals surface area (Å²) in [7, 11) is -3.47. The number of nitrogens with zero attached hydrogens (tertiary/aromatic N) is 1. The summed E-state index contributed by atoms with van der Waals surface area (Å²) in [6.45, 7) is 3.46. The lowest BCUT2D eigenvalue weighted by molar-refractivity contribution is -0.135. The molecule has 1 heterocycles. The van der Waals surface area contributed by atoms with Crippen LogP contribution >= 0.6 is 0 Å². The molecule has 2 fully saturated rings. The van der Waals surface area contributed by atoms with Crippen molar-refractivity contribution in [1.29, 1.82) is 0 Å². The molecule has 1 spiro atoms. The van der Waals surface area contributed by atoms with Gasteiger partial charge in [-0.3, -0.25) is 19.2 Å². The van der Waals surface area contributed by atoms with E-state index < -0.39 is 34.0 Å². The van der Waals surface area contributed by atoms with Gasteiger partial charge in [0.2, 0.25) is 15.9 Å². The number of sulfonamides is 1. The molecule has 9 nitrogen and oxygen atoms in total. The van der Waals surface area contributed by atoms with Crippen molar-refractivity contribution in [2.24, 2.45) is 5.92 Å². The van der Waals surface area contributed by atoms with Crippen molar-refractivity contribution in [2.45, 2.75) is 51.5 Å². The van der Waals surface area contributed by atoms with E-state index in [4.69, 9.17) is 0 Å². The van der Waals surface area contributed by atoms with Gasteiger partial charge in [0, 0.05) is 5.69 Å². The van der Waals surface area contributed by atoms with Crippen LogP contribution in [0.5, 0.6) is 0 Å². The van der Waals surface area contributed by atoms with Gasteiger partial charge < -0.3 is 10.6 Å². The third-order valence-electron chi connectivity index (χ3n) is 5.90. The van der Waals surface area contributed by atoms with Crippen molar-refractivity contribution in [1.82, 2.24) is 10.2 Å². The Labute approximate surface area is 176 Å². The Morgan fingerprint density at radius 1 is 1.27 bits per heavy atom. The zero-order valence-electron chi connectivity index (χ0n) is 17.4. The van der Waals surface area contributed by atoms with Gasteiger partial charge in [0.25, 0.3) is 5.91 Å². The second-order valence-corrected chi connectivity index (χ2v) is 9.96. The minimum atomic E-state index is -3.47. The fourth-order valence-corrected chi connectivity index (χ4v) is 4.71. The van der Waals surface area contributed by atoms with Crippen molar-refractivity contribution < 1.29 is 22.8 Å². The van der Waals surface area contributed by atoms with E-state index in [1.54, 1.807) is 19.1 Å². The van der Waals surface area contributed by atoms with Crippen LogP contribution in [0.3, 0.4) is 0 Å². The van der Waals surface area contributed by atoms with Gasteiger partial charge >= 0.3 is 6.03 Å². The van der Waals surface area contributed by atoms with Gasteiger partial charge in [0.1, 0.15) is 12.1 Å². The highest BCUT2D eigenvalue weighted by atomic mass is 32.2. The average Bonchev–Trinajstić information content (AvgIpc) is 2.88. The SMILES string of the molecule is CCC1CCC2(CC1)NC(=O)N(CC(=O)Nc1ccc(C)c(NS(C)(=O)=O)c1)C2=O. The van der Waals surface area contributed by atoms with Crippen molar-refractivity contribution >= 4 is 39.2 Å². The number of carbonyl (C=O) groups is 3. The molecule has 3 rings (SSSR count). The number of nitrogens with one attached hydrogen (secondary N) is 3. The summed E-state index contributed by atoms with van der Waals surface area (Å²) in [6, 6.07) is 4.24. The summed E-state index contributed by atoms with van der Waals surface area (Å²) in [5.74, 6) is -0.318. The van der Waals surface area contributed by atoms with Gasteiger partial charge in [0.15, 0.2) is 0 Å². The molecule has 1 aromatic carbocycles. The number of carbonyl (C=O) groups excluding carboxylic acids is 3. The molecule has 10 heteroatoms. The Morgan fingerprint density at radius 3 is 2.53 bits per heavy atom. The molecule has 2 aliphatic rings. The van der Waals surface area contributed by atoms with Gasteiger partial charge in [-0.2, -0.15) is 0 Å². The summed E-state index contributed by atoms with van der Waals surface area (Å²) in [4.78, 5) is 38.8. The third kappa shape index (κ3) is 4.75. The zero-order valence-corrected chi connectivity index (χ0v) is 18.3. The van der Waals surface area contributed by atoms with Crippen LogP contribution in [0, 0.1) is 12.8 Å². The standard InChI is InChI=1S/C20H28N4O5S/c1-4-14-7-9-20(10-8-14)18(26)24(19(27)22-20)12-17(25)21-15-6-5-13(2)16(11-15)23-30(3,28)29/h5-6,11,14,23H,4,7-10,12H2,1-3H3,(H,21,25)(H,22,27). The van der Waals surface area contributed by atoms with Crippen molar-refractivity contribution in [2.75, 3.05) is 22.8 Å². The molecular formula is C20H28N4O5S. The third-order valence-corrected chi connectivity index (χ3v) is 6.49. The highest BCUT2D eigenvalue weighted by Gasteiger charge is 2.52. The number of hydrogen-bond acceptors (Lipinski definition) is 5. The second kappa shape index (κ2) is 8.25. The second-order valence-electron chi connectivity index (χ2n) is 8.21. The lowest BCUT2D eigenvalue weighted by Gasteiger charge is -2.34. The molecule has 164 valence electrons. The topological polar surface area (TPSA) is 125 Å². The predicted molar refractivity (Wildman–Crippen MR) is 113 cm³/mol. The Morgan fingerprint density at radius 2 is 1.93 bits per heavy atom. The average molecular weight is 437 g/mol. The first-order chi connectivity index (χ1) is 14.0. The zero-order chi connectivity index (χ0) is 22.1. The maximum absolute atomic E-state index is 12.9. The van der Waals surface area contributed by atoms with Gasteiger partial charge in [-0.05, 0) is 56.2 Å². The fraction of sp³-hybridized carbons (Fsp3) is 0.550. The van der Waals surface area contributed by atoms with Crippen LogP contribution in [-0.4, -0.2) is 49.5 Å². The number of hydrogen-bond donors (Lipinski definition) is 3. The van der Waals surface area contributed by atoms with Crippen LogP contribution in [0.2, 0.25) is 0 Å². The summed E-state index contributed by atoms with van der Waals surface area (Å²) >= 11 is 0. The van der Waals surface area contributed by atoms with Gasteiger partial charge in [-0.25, -0.2) is 13.2 Å². The Hall–Kier alpha value is -2.62. The molecular weight excluding hydrogens is 408 g/mol. The van der Waals surface area contributed by atoms with E-state index in [2.05, 4.69) is 22.3 Å². The first kappa shape index (κ1) is 22.1. The molecule has 1 saturated heterocycles. The number of urea groups is 1. The minimum Gasteiger partial charge on any atom is -0.324 e. The minimum absolute atomic E-state index is 0.344. The molecule has 0 bridgehead atoms. The van der Waals surface area contributed by atoms with Crippen LogP contribution < -0.4 is 15.4 Å². The summed E-state index contributed by atoms with van der Waals surface area (Å²) in [6.07, 6.45) is 5.03. The van der Waals surface area contributed by atoms with Gasteiger partial charge in [-0.15, -0.1) is 0 Å². The van der Waals surface area contributed by atoms with Gasteiger partial charge in [-0.1, -0.05) is 19.4 Å². The van der Waals surface area contributed by atoms with E-state index in [0.717, 1.165) is 30.4 Å². The molecule has 0 unspecified atom stereocenters. The highest BCUT2D eigenvalue weighted by molar-refractivity contribution is 7.92. The molecule has 30 heavy (non-hydrogen) atoms. The summed E-state index contributed by atoms with van der Waals surface area (Å²) < 4.78 is 25.4. The van der Waals surface area contributed by atoms with Crippen LogP contribution in [-0.2, 0) is 19.6 Å². The Kier molecular flexibility index (Phi) is 6.07. The predicted octanol–water partition coefficient (Wildman–Crippen LogP) is 2.20. The molecule has 3 N–H and O–H groups in total. The van der Waals surface area contributed by atoms with E-state index >= 15 is 0 Å². The van der Waals surface area contributed by atoms with Crippen LogP contribution in [0.15, 0.2) is 18.2 Å². The number of anilines is 2. The normalized spacial score (nSPS) is 24.1. The lowest BCUT2D eigenvalue weighted by atomic mass is 9.75. The van der Waals surface area contributed by atoms with E-state index in [9.17, 15) is 22.8 Å². The van der Waals surface area contributed by atoms with E-state index in [1.165, 1.54) is 6.07 Å². The molecule has 0 aromatic heterocycles. The largest absolute Gasteiger partial charge is 0.325 e. The molecule has 4 amide bonds. The maximum Gasteiger partial charge on any atom is 0.325 e. The Bertz CT molecular complexity index is 967. The first-order valence-electron chi connectivity index (χ1n) is 10.1. The fourth-order valence-electron chi connectivity index (χ4n) is 4.09. The van der Waals surface area contributed by atoms with E-state index in [1.807, 2.05) is 0 Å². The van der Waals surface area contributed by atoms with Crippen molar-refractivity contribution in [3.8, 4) is 0 Å². The van der Waals surface area contributed by atoms with Crippen molar-refractivity contribution in [3.63, 3.8) is 0 Å². The number of benzene rings is 1. The number of rotatable bonds is 6. The smallest absolute Gasteiger partial charge is 0.324 e. The van der Waals surface area contributed by atoms with E-state index in [-0.39, 0.29) is 5.91 Å². The van der Waals surface area contributed by atoms with Crippen LogP contribution in [0.1, 0.15) is 44.6 Å². The first-order valence-corrected chi connectivity index (χ1v) is 11.9.